The Morgan fingerprint density at radius 2 is 0.875 bits per heavy atom. The van der Waals surface area contributed by atoms with Crippen molar-refractivity contribution in [1.29, 1.82) is 0 Å². The third-order valence-corrected chi connectivity index (χ3v) is 5.74. The van der Waals surface area contributed by atoms with Crippen LogP contribution in [0.3, 0.4) is 0 Å². The number of hydrogen-bond donors (Lipinski definition) is 0. The van der Waals surface area contributed by atoms with Gasteiger partial charge in [0.25, 0.3) is 0 Å². The molecule has 0 unspecified atom stereocenters. The lowest BCUT2D eigenvalue weighted by Gasteiger charge is -2.17. The Kier molecular flexibility index (Phi) is 6.98. The molecule has 0 bridgehead atoms. The van der Waals surface area contributed by atoms with Gasteiger partial charge in [0.15, 0.2) is 12.1 Å². The third kappa shape index (κ3) is 4.58. The Morgan fingerprint density at radius 3 is 1.28 bits per heavy atom. The number of imidazole rings is 1. The molecule has 0 spiro atoms. The Hall–Kier alpha value is -3.43. The minimum absolute atomic E-state index is 0. The molecule has 0 atom stereocenters. The second-order valence-electron chi connectivity index (χ2n) is 7.76. The van der Waals surface area contributed by atoms with Crippen LogP contribution in [0.4, 0.5) is 0 Å². The first-order valence-electron chi connectivity index (χ1n) is 10.7. The number of nitrogens with zero attached hydrogens (tertiary/aromatic N) is 2. The zero-order chi connectivity index (χ0) is 20.9. The summed E-state index contributed by atoms with van der Waals surface area (Å²) in [4.78, 5) is 0. The van der Waals surface area contributed by atoms with Gasteiger partial charge in [-0.1, -0.05) is 121 Å². The van der Waals surface area contributed by atoms with Crippen LogP contribution in [-0.2, 0) is 0 Å². The largest absolute Gasteiger partial charge is 1.00 e. The van der Waals surface area contributed by atoms with Crippen LogP contribution in [0.1, 0.15) is 34.3 Å². The lowest BCUT2D eigenvalue weighted by atomic mass is 9.98. The highest BCUT2D eigenvalue weighted by Crippen LogP contribution is 2.27. The van der Waals surface area contributed by atoms with E-state index in [4.69, 9.17) is 0 Å². The monoisotopic (exact) mass is 480 g/mol. The van der Waals surface area contributed by atoms with E-state index in [9.17, 15) is 0 Å². The van der Waals surface area contributed by atoms with Crippen molar-refractivity contribution in [2.24, 2.45) is 0 Å². The molecule has 1 heterocycles. The zero-order valence-electron chi connectivity index (χ0n) is 17.7. The van der Waals surface area contributed by atoms with E-state index in [1.807, 2.05) is 0 Å². The SMILES string of the molecule is [Br-].c1ccc(C(c2ccccc2)n2cc[n+](C(c3ccccc3)c3ccccc3)c2)cc1. The highest BCUT2D eigenvalue weighted by molar-refractivity contribution is 5.33. The molecule has 32 heavy (non-hydrogen) atoms. The van der Waals surface area contributed by atoms with Gasteiger partial charge in [-0.25, -0.2) is 9.13 Å². The number of halogens is 1. The van der Waals surface area contributed by atoms with Crippen molar-refractivity contribution in [3.8, 4) is 0 Å². The van der Waals surface area contributed by atoms with Gasteiger partial charge in [-0.05, 0) is 0 Å². The maximum Gasteiger partial charge on any atom is 0.245 e. The van der Waals surface area contributed by atoms with Gasteiger partial charge in [-0.2, -0.15) is 0 Å². The van der Waals surface area contributed by atoms with E-state index < -0.39 is 0 Å². The molecule has 3 heteroatoms. The summed E-state index contributed by atoms with van der Waals surface area (Å²) < 4.78 is 4.62. The smallest absolute Gasteiger partial charge is 0.245 e. The third-order valence-electron chi connectivity index (χ3n) is 5.74. The quantitative estimate of drug-likeness (QED) is 0.330. The van der Waals surface area contributed by atoms with E-state index in [-0.39, 0.29) is 29.1 Å². The predicted molar refractivity (Wildman–Crippen MR) is 125 cm³/mol. The summed E-state index contributed by atoms with van der Waals surface area (Å²) in [5, 5.41) is 0. The predicted octanol–water partition coefficient (Wildman–Crippen LogP) is 3.06. The van der Waals surface area contributed by atoms with E-state index in [0.29, 0.717) is 0 Å². The van der Waals surface area contributed by atoms with Crippen molar-refractivity contribution in [2.75, 3.05) is 0 Å². The number of aromatic nitrogens is 2. The van der Waals surface area contributed by atoms with Crippen molar-refractivity contribution in [1.82, 2.24) is 4.57 Å². The van der Waals surface area contributed by atoms with Crippen molar-refractivity contribution in [3.05, 3.63) is 162 Å². The average Bonchev–Trinajstić information content (AvgIpc) is 3.31. The van der Waals surface area contributed by atoms with Crippen LogP contribution in [0.15, 0.2) is 140 Å². The summed E-state index contributed by atoms with van der Waals surface area (Å²) in [6.07, 6.45) is 6.60. The van der Waals surface area contributed by atoms with Gasteiger partial charge in [0, 0.05) is 22.3 Å². The average molecular weight is 481 g/mol. The first-order valence-corrected chi connectivity index (χ1v) is 10.7. The minimum atomic E-state index is 0. The molecule has 5 rings (SSSR count). The lowest BCUT2D eigenvalue weighted by molar-refractivity contribution is -0.704. The fraction of sp³-hybridized carbons (Fsp3) is 0.0690. The molecule has 0 N–H and O–H groups in total. The molecule has 5 aromatic rings. The first-order chi connectivity index (χ1) is 15.4. The molecule has 0 aliphatic carbocycles. The fourth-order valence-electron chi connectivity index (χ4n) is 4.31. The molecule has 0 aliphatic heterocycles. The zero-order valence-corrected chi connectivity index (χ0v) is 19.3. The summed E-state index contributed by atoms with van der Waals surface area (Å²) in [5.74, 6) is 0. The Bertz CT molecular complexity index is 1040. The van der Waals surface area contributed by atoms with Gasteiger partial charge in [-0.15, -0.1) is 0 Å². The molecular weight excluding hydrogens is 456 g/mol. The first kappa shape index (κ1) is 21.8. The van der Waals surface area contributed by atoms with E-state index in [2.05, 4.69) is 149 Å². The van der Waals surface area contributed by atoms with Gasteiger partial charge in [-0.3, -0.25) is 0 Å². The maximum absolute atomic E-state index is 2.31. The molecular formula is C29H25BrN2. The molecule has 4 aromatic carbocycles. The molecule has 2 nitrogen and oxygen atoms in total. The minimum Gasteiger partial charge on any atom is -1.00 e. The van der Waals surface area contributed by atoms with E-state index in [1.54, 1.807) is 0 Å². The summed E-state index contributed by atoms with van der Waals surface area (Å²) in [7, 11) is 0. The standard InChI is InChI=1S/C29H25N2.BrH/c1-5-13-24(14-6-1)28(25-15-7-2-8-16-25)30-21-22-31(23-30)29(26-17-9-3-10-18-26)27-19-11-4-12-20-27;/h1-23,28-29H;1H/q+1;/p-1. The van der Waals surface area contributed by atoms with Crippen molar-refractivity contribution >= 4 is 0 Å². The molecule has 0 fully saturated rings. The molecule has 158 valence electrons. The number of rotatable bonds is 6. The molecule has 1 aromatic heterocycles. The molecule has 0 aliphatic rings. The Labute approximate surface area is 200 Å². The topological polar surface area (TPSA) is 8.81 Å². The maximum atomic E-state index is 2.31. The lowest BCUT2D eigenvalue weighted by Crippen LogP contribution is -3.00. The highest BCUT2D eigenvalue weighted by atomic mass is 79.9. The summed E-state index contributed by atoms with van der Waals surface area (Å²) in [6.45, 7) is 0. The molecule has 0 saturated carbocycles. The van der Waals surface area contributed by atoms with Crippen molar-refractivity contribution < 1.29 is 21.5 Å². The normalized spacial score (nSPS) is 10.8. The van der Waals surface area contributed by atoms with Crippen molar-refractivity contribution in [2.45, 2.75) is 12.1 Å². The second-order valence-corrected chi connectivity index (χ2v) is 7.76. The van der Waals surface area contributed by atoms with E-state index in [0.717, 1.165) is 0 Å². The van der Waals surface area contributed by atoms with Crippen LogP contribution in [0.5, 0.6) is 0 Å². The van der Waals surface area contributed by atoms with Gasteiger partial charge in [0.2, 0.25) is 6.33 Å². The highest BCUT2D eigenvalue weighted by Gasteiger charge is 2.25. The fourth-order valence-corrected chi connectivity index (χ4v) is 4.31. The van der Waals surface area contributed by atoms with Crippen LogP contribution in [0.2, 0.25) is 0 Å². The Morgan fingerprint density at radius 1 is 0.500 bits per heavy atom. The number of hydrogen-bond acceptors (Lipinski definition) is 0. The van der Waals surface area contributed by atoms with Gasteiger partial charge >= 0.3 is 0 Å². The van der Waals surface area contributed by atoms with Gasteiger partial charge in [0.05, 0.1) is 0 Å². The van der Waals surface area contributed by atoms with Crippen molar-refractivity contribution in [3.63, 3.8) is 0 Å². The second kappa shape index (κ2) is 10.3. The van der Waals surface area contributed by atoms with Gasteiger partial charge in [0.1, 0.15) is 12.4 Å². The van der Waals surface area contributed by atoms with E-state index >= 15 is 0 Å². The van der Waals surface area contributed by atoms with Crippen LogP contribution in [0.25, 0.3) is 0 Å². The summed E-state index contributed by atoms with van der Waals surface area (Å²) >= 11 is 0. The van der Waals surface area contributed by atoms with Gasteiger partial charge < -0.3 is 17.0 Å². The molecule has 0 radical (unpaired) electrons. The van der Waals surface area contributed by atoms with Crippen LogP contribution >= 0.6 is 0 Å². The molecule has 0 saturated heterocycles. The number of benzene rings is 4. The van der Waals surface area contributed by atoms with Crippen LogP contribution < -0.4 is 21.5 Å². The summed E-state index contributed by atoms with van der Waals surface area (Å²) in [5.41, 5.74) is 5.08. The van der Waals surface area contributed by atoms with E-state index in [1.165, 1.54) is 22.3 Å². The Balaban J connectivity index is 0.00000245. The molecule has 0 amide bonds. The summed E-state index contributed by atoms with van der Waals surface area (Å²) in [6, 6.07) is 43.0. The van der Waals surface area contributed by atoms with Crippen LogP contribution in [-0.4, -0.2) is 4.57 Å². The van der Waals surface area contributed by atoms with Crippen LogP contribution in [0, 0.1) is 0 Å².